The topological polar surface area (TPSA) is 55.9 Å². The van der Waals surface area contributed by atoms with E-state index in [1.54, 1.807) is 24.1 Å². The van der Waals surface area contributed by atoms with Gasteiger partial charge in [0, 0.05) is 19.7 Å². The number of aryl methyl sites for hydroxylation is 1. The molecule has 1 heterocycles. The number of imidazole rings is 1. The number of hydrogen-bond acceptors (Lipinski definition) is 3. The predicted octanol–water partition coefficient (Wildman–Crippen LogP) is 1.66. The third kappa shape index (κ3) is 4.19. The first-order valence-corrected chi connectivity index (χ1v) is 4.93. The van der Waals surface area contributed by atoms with Crippen LogP contribution in [0.5, 0.6) is 0 Å². The lowest BCUT2D eigenvalue weighted by molar-refractivity contribution is -0.135. The Labute approximate surface area is 91.6 Å². The summed E-state index contributed by atoms with van der Waals surface area (Å²) >= 11 is 0. The van der Waals surface area contributed by atoms with Crippen LogP contribution in [0, 0.1) is 0 Å². The maximum atomic E-state index is 11.9. The van der Waals surface area contributed by atoms with E-state index in [4.69, 9.17) is 5.84 Å². The highest BCUT2D eigenvalue weighted by atomic mass is 19.4. The highest BCUT2D eigenvalue weighted by Gasteiger charge is 2.27. The molecule has 0 bridgehead atoms. The second-order valence-electron chi connectivity index (χ2n) is 3.69. The number of rotatable bonds is 5. The lowest BCUT2D eigenvalue weighted by atomic mass is 10.1. The van der Waals surface area contributed by atoms with E-state index in [0.29, 0.717) is 12.1 Å². The SMILES string of the molecule is Cn1cnc(C(CCCC(F)(F)F)NN)c1. The quantitative estimate of drug-likeness (QED) is 0.603. The van der Waals surface area contributed by atoms with Gasteiger partial charge in [-0.2, -0.15) is 13.2 Å². The lowest BCUT2D eigenvalue weighted by Gasteiger charge is -2.13. The van der Waals surface area contributed by atoms with E-state index in [1.165, 1.54) is 0 Å². The van der Waals surface area contributed by atoms with Gasteiger partial charge in [-0.05, 0) is 12.8 Å². The number of alkyl halides is 3. The zero-order valence-corrected chi connectivity index (χ0v) is 8.96. The molecule has 3 N–H and O–H groups in total. The maximum Gasteiger partial charge on any atom is 0.389 e. The van der Waals surface area contributed by atoms with Crippen molar-refractivity contribution in [1.29, 1.82) is 0 Å². The molecule has 0 saturated carbocycles. The summed E-state index contributed by atoms with van der Waals surface area (Å²) in [5.41, 5.74) is 3.13. The third-order valence-electron chi connectivity index (χ3n) is 2.24. The first kappa shape index (κ1) is 13.0. The predicted molar refractivity (Wildman–Crippen MR) is 53.2 cm³/mol. The molecule has 7 heteroatoms. The molecule has 0 aliphatic heterocycles. The van der Waals surface area contributed by atoms with Crippen LogP contribution in [0.1, 0.15) is 31.0 Å². The standard InChI is InChI=1S/C9H15F3N4/c1-16-5-8(14-6-16)7(15-13)3-2-4-9(10,11)12/h5-7,15H,2-4,13H2,1H3. The van der Waals surface area contributed by atoms with Crippen LogP contribution in [0.2, 0.25) is 0 Å². The van der Waals surface area contributed by atoms with Crippen LogP contribution in [0.25, 0.3) is 0 Å². The van der Waals surface area contributed by atoms with Crippen molar-refractivity contribution in [3.63, 3.8) is 0 Å². The number of halogens is 3. The van der Waals surface area contributed by atoms with Crippen molar-refractivity contribution < 1.29 is 13.2 Å². The number of hydrogen-bond donors (Lipinski definition) is 2. The molecule has 1 rings (SSSR count). The number of aromatic nitrogens is 2. The molecule has 0 aliphatic rings. The van der Waals surface area contributed by atoms with Gasteiger partial charge in [0.2, 0.25) is 0 Å². The van der Waals surface area contributed by atoms with Gasteiger partial charge in [-0.25, -0.2) is 4.98 Å². The fourth-order valence-electron chi connectivity index (χ4n) is 1.44. The van der Waals surface area contributed by atoms with Gasteiger partial charge < -0.3 is 4.57 Å². The summed E-state index contributed by atoms with van der Waals surface area (Å²) in [6.45, 7) is 0. The molecule has 1 atom stereocenters. The zero-order chi connectivity index (χ0) is 12.2. The van der Waals surface area contributed by atoms with Crippen molar-refractivity contribution in [1.82, 2.24) is 15.0 Å². The average Bonchev–Trinajstić information content (AvgIpc) is 2.58. The Morgan fingerprint density at radius 1 is 1.56 bits per heavy atom. The lowest BCUT2D eigenvalue weighted by Crippen LogP contribution is -2.28. The van der Waals surface area contributed by atoms with Gasteiger partial charge in [0.25, 0.3) is 0 Å². The molecular weight excluding hydrogens is 221 g/mol. The Morgan fingerprint density at radius 2 is 2.25 bits per heavy atom. The second-order valence-corrected chi connectivity index (χ2v) is 3.69. The number of nitrogens with one attached hydrogen (secondary N) is 1. The zero-order valence-electron chi connectivity index (χ0n) is 8.96. The smallest absolute Gasteiger partial charge is 0.340 e. The van der Waals surface area contributed by atoms with Crippen molar-refractivity contribution in [3.8, 4) is 0 Å². The van der Waals surface area contributed by atoms with E-state index in [0.717, 1.165) is 0 Å². The summed E-state index contributed by atoms with van der Waals surface area (Å²) in [5, 5.41) is 0. The van der Waals surface area contributed by atoms with Crippen molar-refractivity contribution in [3.05, 3.63) is 18.2 Å². The van der Waals surface area contributed by atoms with E-state index < -0.39 is 12.6 Å². The molecule has 0 fully saturated rings. The summed E-state index contributed by atoms with van der Waals surface area (Å²) in [4.78, 5) is 4.04. The molecule has 1 aromatic heterocycles. The van der Waals surface area contributed by atoms with Crippen molar-refractivity contribution in [2.24, 2.45) is 12.9 Å². The van der Waals surface area contributed by atoms with E-state index >= 15 is 0 Å². The molecule has 0 saturated heterocycles. The first-order valence-electron chi connectivity index (χ1n) is 4.93. The van der Waals surface area contributed by atoms with E-state index in [9.17, 15) is 13.2 Å². The molecule has 1 unspecified atom stereocenters. The minimum atomic E-state index is -4.11. The largest absolute Gasteiger partial charge is 0.389 e. The summed E-state index contributed by atoms with van der Waals surface area (Å²) in [7, 11) is 1.79. The molecular formula is C9H15F3N4. The molecule has 0 aliphatic carbocycles. The van der Waals surface area contributed by atoms with E-state index in [2.05, 4.69) is 10.4 Å². The van der Waals surface area contributed by atoms with Crippen LogP contribution >= 0.6 is 0 Å². The molecule has 0 spiro atoms. The van der Waals surface area contributed by atoms with E-state index in [1.807, 2.05) is 0 Å². The Morgan fingerprint density at radius 3 is 2.69 bits per heavy atom. The molecule has 0 aromatic carbocycles. The average molecular weight is 236 g/mol. The molecule has 4 nitrogen and oxygen atoms in total. The van der Waals surface area contributed by atoms with Gasteiger partial charge in [0.1, 0.15) is 0 Å². The summed E-state index contributed by atoms with van der Waals surface area (Å²) in [5.74, 6) is 5.28. The molecule has 0 amide bonds. The Balaban J connectivity index is 2.44. The van der Waals surface area contributed by atoms with Gasteiger partial charge in [-0.1, -0.05) is 0 Å². The Kier molecular flexibility index (Phi) is 4.31. The summed E-state index contributed by atoms with van der Waals surface area (Å²) in [6, 6.07) is -0.330. The van der Waals surface area contributed by atoms with Crippen molar-refractivity contribution in [2.75, 3.05) is 0 Å². The fraction of sp³-hybridized carbons (Fsp3) is 0.667. The van der Waals surface area contributed by atoms with Gasteiger partial charge in [0.15, 0.2) is 0 Å². The van der Waals surface area contributed by atoms with Crippen LogP contribution in [-0.2, 0) is 7.05 Å². The van der Waals surface area contributed by atoms with Gasteiger partial charge in [-0.15, -0.1) is 0 Å². The maximum absolute atomic E-state index is 11.9. The molecule has 16 heavy (non-hydrogen) atoms. The second kappa shape index (κ2) is 5.31. The minimum Gasteiger partial charge on any atom is -0.340 e. The van der Waals surface area contributed by atoms with Gasteiger partial charge >= 0.3 is 6.18 Å². The van der Waals surface area contributed by atoms with E-state index in [-0.39, 0.29) is 12.5 Å². The molecule has 1 aromatic rings. The van der Waals surface area contributed by atoms with Gasteiger partial charge in [0.05, 0.1) is 18.1 Å². The Hall–Kier alpha value is -1.08. The number of nitrogens with two attached hydrogens (primary N) is 1. The normalized spacial score (nSPS) is 14.1. The van der Waals surface area contributed by atoms with Crippen molar-refractivity contribution in [2.45, 2.75) is 31.5 Å². The number of hydrazine groups is 1. The van der Waals surface area contributed by atoms with Crippen LogP contribution < -0.4 is 11.3 Å². The third-order valence-corrected chi connectivity index (χ3v) is 2.24. The van der Waals surface area contributed by atoms with Crippen LogP contribution in [0.4, 0.5) is 13.2 Å². The minimum absolute atomic E-state index is 0.0366. The highest BCUT2D eigenvalue weighted by molar-refractivity contribution is 5.02. The Bertz CT molecular complexity index is 321. The van der Waals surface area contributed by atoms with Crippen molar-refractivity contribution >= 4 is 0 Å². The summed E-state index contributed by atoms with van der Waals surface area (Å²) in [6.07, 6.45) is -1.23. The highest BCUT2D eigenvalue weighted by Crippen LogP contribution is 2.25. The monoisotopic (exact) mass is 236 g/mol. The fourth-order valence-corrected chi connectivity index (χ4v) is 1.44. The molecule has 92 valence electrons. The first-order chi connectivity index (χ1) is 7.42. The molecule has 0 radical (unpaired) electrons. The van der Waals surface area contributed by atoms with Gasteiger partial charge in [-0.3, -0.25) is 11.3 Å². The van der Waals surface area contributed by atoms with Crippen LogP contribution in [-0.4, -0.2) is 15.7 Å². The number of nitrogens with zero attached hydrogens (tertiary/aromatic N) is 2. The van der Waals surface area contributed by atoms with Crippen LogP contribution in [0.3, 0.4) is 0 Å². The summed E-state index contributed by atoms with van der Waals surface area (Å²) < 4.78 is 37.6. The van der Waals surface area contributed by atoms with Crippen LogP contribution in [0.15, 0.2) is 12.5 Å².